The Morgan fingerprint density at radius 1 is 1.31 bits per heavy atom. The van der Waals surface area contributed by atoms with Crippen LogP contribution in [0.3, 0.4) is 0 Å². The molecular weight excluding hydrogens is 391 g/mol. The van der Waals surface area contributed by atoms with Crippen LogP contribution in [-0.2, 0) is 0 Å². The zero-order chi connectivity index (χ0) is 20.8. The molecular formula is C23H26ClFN2O2. The van der Waals surface area contributed by atoms with E-state index >= 15 is 0 Å². The van der Waals surface area contributed by atoms with Crippen molar-refractivity contribution in [3.8, 4) is 5.75 Å². The van der Waals surface area contributed by atoms with Crippen molar-refractivity contribution >= 4 is 17.5 Å². The number of nitrogens with one attached hydrogen (secondary N) is 1. The summed E-state index contributed by atoms with van der Waals surface area (Å²) in [5, 5.41) is 3.00. The van der Waals surface area contributed by atoms with E-state index in [1.807, 2.05) is 12.1 Å². The number of carbonyl (C=O) groups excluding carboxylic acids is 1. The summed E-state index contributed by atoms with van der Waals surface area (Å²) in [6.45, 7) is 8.13. The molecule has 0 bridgehead atoms. The number of benzene rings is 2. The summed E-state index contributed by atoms with van der Waals surface area (Å²) in [6, 6.07) is 12.6. The zero-order valence-electron chi connectivity index (χ0n) is 16.5. The van der Waals surface area contributed by atoms with E-state index in [2.05, 4.69) is 35.9 Å². The average molecular weight is 417 g/mol. The van der Waals surface area contributed by atoms with Gasteiger partial charge in [0.15, 0.2) is 0 Å². The maximum absolute atomic E-state index is 13.3. The minimum atomic E-state index is -0.522. The third kappa shape index (κ3) is 5.58. The lowest BCUT2D eigenvalue weighted by molar-refractivity contribution is 0.0896. The van der Waals surface area contributed by atoms with E-state index in [0.29, 0.717) is 12.2 Å². The van der Waals surface area contributed by atoms with E-state index in [4.69, 9.17) is 16.3 Å². The van der Waals surface area contributed by atoms with Crippen LogP contribution in [-0.4, -0.2) is 36.5 Å². The summed E-state index contributed by atoms with van der Waals surface area (Å²) in [4.78, 5) is 14.8. The Labute approximate surface area is 176 Å². The van der Waals surface area contributed by atoms with Crippen LogP contribution < -0.4 is 10.1 Å². The zero-order valence-corrected chi connectivity index (χ0v) is 17.3. The lowest BCUT2D eigenvalue weighted by atomic mass is 9.99. The summed E-state index contributed by atoms with van der Waals surface area (Å²) >= 11 is 5.77. The monoisotopic (exact) mass is 416 g/mol. The highest BCUT2D eigenvalue weighted by molar-refractivity contribution is 6.31. The van der Waals surface area contributed by atoms with Gasteiger partial charge in [0.1, 0.15) is 18.2 Å². The molecule has 1 unspecified atom stereocenters. The molecule has 0 aliphatic carbocycles. The lowest BCUT2D eigenvalue weighted by Gasteiger charge is -2.36. The second-order valence-corrected chi connectivity index (χ2v) is 7.66. The Morgan fingerprint density at radius 2 is 2.00 bits per heavy atom. The van der Waals surface area contributed by atoms with Crippen LogP contribution in [0.15, 0.2) is 55.1 Å². The Bertz CT molecular complexity index is 848. The van der Waals surface area contributed by atoms with Crippen LogP contribution in [0, 0.1) is 5.82 Å². The molecule has 1 amide bonds. The first-order valence-electron chi connectivity index (χ1n) is 9.81. The molecule has 0 radical (unpaired) electrons. The van der Waals surface area contributed by atoms with Crippen LogP contribution in [0.25, 0.3) is 0 Å². The number of hydrogen-bond donors (Lipinski definition) is 1. The Balaban J connectivity index is 1.51. The van der Waals surface area contributed by atoms with Gasteiger partial charge in [-0.1, -0.05) is 36.4 Å². The molecule has 1 heterocycles. The van der Waals surface area contributed by atoms with E-state index in [9.17, 15) is 9.18 Å². The molecule has 1 fully saturated rings. The molecule has 6 heteroatoms. The van der Waals surface area contributed by atoms with Crippen molar-refractivity contribution in [2.24, 2.45) is 0 Å². The van der Waals surface area contributed by atoms with Crippen LogP contribution >= 0.6 is 11.6 Å². The molecule has 0 spiro atoms. The predicted octanol–water partition coefficient (Wildman–Crippen LogP) is 5.00. The number of halogens is 2. The topological polar surface area (TPSA) is 41.6 Å². The van der Waals surface area contributed by atoms with Crippen LogP contribution in [0.5, 0.6) is 5.75 Å². The van der Waals surface area contributed by atoms with Gasteiger partial charge >= 0.3 is 0 Å². The quantitative estimate of drug-likeness (QED) is 0.646. The van der Waals surface area contributed by atoms with Crippen LogP contribution in [0.2, 0.25) is 5.02 Å². The summed E-state index contributed by atoms with van der Waals surface area (Å²) in [5.74, 6) is 0.0995. The molecule has 1 saturated heterocycles. The van der Waals surface area contributed by atoms with Crippen molar-refractivity contribution < 1.29 is 13.9 Å². The molecule has 1 N–H and O–H groups in total. The van der Waals surface area contributed by atoms with E-state index in [0.717, 1.165) is 31.7 Å². The van der Waals surface area contributed by atoms with E-state index in [1.165, 1.54) is 23.8 Å². The Morgan fingerprint density at radius 3 is 2.62 bits per heavy atom. The lowest BCUT2D eigenvalue weighted by Crippen LogP contribution is -2.45. The predicted molar refractivity (Wildman–Crippen MR) is 114 cm³/mol. The van der Waals surface area contributed by atoms with Gasteiger partial charge in [-0.25, -0.2) is 4.39 Å². The van der Waals surface area contributed by atoms with Crippen molar-refractivity contribution in [2.45, 2.75) is 31.8 Å². The molecule has 1 aliphatic rings. The smallest absolute Gasteiger partial charge is 0.251 e. The molecule has 29 heavy (non-hydrogen) atoms. The summed E-state index contributed by atoms with van der Waals surface area (Å²) in [7, 11) is 0. The SMILES string of the molecule is C=CCOc1ccc(C(C)N2CCC(NC(=O)c3ccc(F)c(Cl)c3)CC2)cc1. The maximum Gasteiger partial charge on any atom is 0.251 e. The highest BCUT2D eigenvalue weighted by atomic mass is 35.5. The molecule has 154 valence electrons. The normalized spacial score (nSPS) is 16.2. The fourth-order valence-corrected chi connectivity index (χ4v) is 3.73. The molecule has 2 aromatic carbocycles. The second-order valence-electron chi connectivity index (χ2n) is 7.26. The molecule has 0 aromatic heterocycles. The number of carbonyl (C=O) groups is 1. The first-order valence-corrected chi connectivity index (χ1v) is 10.2. The summed E-state index contributed by atoms with van der Waals surface area (Å²) in [5.41, 5.74) is 1.62. The van der Waals surface area contributed by atoms with Crippen molar-refractivity contribution in [3.63, 3.8) is 0 Å². The minimum Gasteiger partial charge on any atom is -0.490 e. The van der Waals surface area contributed by atoms with Crippen molar-refractivity contribution in [1.82, 2.24) is 10.2 Å². The molecule has 3 rings (SSSR count). The standard InChI is InChI=1S/C23H26ClFN2O2/c1-3-14-29-20-7-4-17(5-8-20)16(2)27-12-10-19(11-13-27)26-23(28)18-6-9-22(25)21(24)15-18/h3-9,15-16,19H,1,10-14H2,2H3,(H,26,28). The number of ether oxygens (including phenoxy) is 1. The van der Waals surface area contributed by atoms with E-state index in [-0.39, 0.29) is 23.0 Å². The highest BCUT2D eigenvalue weighted by Gasteiger charge is 2.25. The number of amides is 1. The first-order chi connectivity index (χ1) is 14.0. The van der Waals surface area contributed by atoms with Gasteiger partial charge < -0.3 is 10.1 Å². The number of rotatable bonds is 7. The fourth-order valence-electron chi connectivity index (χ4n) is 3.55. The largest absolute Gasteiger partial charge is 0.490 e. The van der Waals surface area contributed by atoms with E-state index < -0.39 is 5.82 Å². The van der Waals surface area contributed by atoms with Crippen molar-refractivity contribution in [1.29, 1.82) is 0 Å². The van der Waals surface area contributed by atoms with Crippen molar-refractivity contribution in [2.75, 3.05) is 19.7 Å². The Hall–Kier alpha value is -2.37. The number of likely N-dealkylation sites (tertiary alicyclic amines) is 1. The van der Waals surface area contributed by atoms with Crippen LogP contribution in [0.4, 0.5) is 4.39 Å². The van der Waals surface area contributed by atoms with Crippen molar-refractivity contribution in [3.05, 3.63) is 77.1 Å². The fraction of sp³-hybridized carbons (Fsp3) is 0.348. The van der Waals surface area contributed by atoms with Gasteiger partial charge in [0, 0.05) is 30.7 Å². The number of hydrogen-bond acceptors (Lipinski definition) is 3. The summed E-state index contributed by atoms with van der Waals surface area (Å²) < 4.78 is 18.8. The molecule has 2 aromatic rings. The Kier molecular flexibility index (Phi) is 7.29. The van der Waals surface area contributed by atoms with Gasteiger partial charge in [0.05, 0.1) is 5.02 Å². The third-order valence-corrected chi connectivity index (χ3v) is 5.61. The molecule has 4 nitrogen and oxygen atoms in total. The summed E-state index contributed by atoms with van der Waals surface area (Å²) in [6.07, 6.45) is 3.46. The molecule has 0 saturated carbocycles. The number of nitrogens with zero attached hydrogens (tertiary/aromatic N) is 1. The van der Waals surface area contributed by atoms with Gasteiger partial charge in [-0.05, 0) is 55.7 Å². The maximum atomic E-state index is 13.3. The van der Waals surface area contributed by atoms with Gasteiger partial charge in [0.25, 0.3) is 5.91 Å². The number of piperidine rings is 1. The van der Waals surface area contributed by atoms with Gasteiger partial charge in [0.2, 0.25) is 0 Å². The van der Waals surface area contributed by atoms with Gasteiger partial charge in [-0.2, -0.15) is 0 Å². The average Bonchev–Trinajstić information content (AvgIpc) is 2.74. The second kappa shape index (κ2) is 9.90. The van der Waals surface area contributed by atoms with Crippen LogP contribution in [0.1, 0.15) is 41.7 Å². The third-order valence-electron chi connectivity index (χ3n) is 5.32. The molecule has 1 atom stereocenters. The first kappa shape index (κ1) is 21.3. The van der Waals surface area contributed by atoms with Gasteiger partial charge in [-0.15, -0.1) is 0 Å². The van der Waals surface area contributed by atoms with Gasteiger partial charge in [-0.3, -0.25) is 9.69 Å². The highest BCUT2D eigenvalue weighted by Crippen LogP contribution is 2.26. The minimum absolute atomic E-state index is 0.0396. The van der Waals surface area contributed by atoms with E-state index in [1.54, 1.807) is 6.08 Å². The molecule has 1 aliphatic heterocycles.